The molecule has 0 radical (unpaired) electrons. The van der Waals surface area contributed by atoms with Gasteiger partial charge in [0.15, 0.2) is 0 Å². The maximum atomic E-state index is 12.1. The van der Waals surface area contributed by atoms with Crippen LogP contribution in [0.4, 0.5) is 5.82 Å². The molecule has 1 aliphatic rings. The first-order valence-corrected chi connectivity index (χ1v) is 9.61. The first-order chi connectivity index (χ1) is 11.8. The van der Waals surface area contributed by atoms with E-state index in [0.29, 0.717) is 6.54 Å². The van der Waals surface area contributed by atoms with Gasteiger partial charge in [0, 0.05) is 18.2 Å². The van der Waals surface area contributed by atoms with Gasteiger partial charge in [0.25, 0.3) is 0 Å². The van der Waals surface area contributed by atoms with Crippen molar-refractivity contribution in [3.63, 3.8) is 0 Å². The van der Waals surface area contributed by atoms with Crippen molar-refractivity contribution in [2.24, 2.45) is 5.92 Å². The Labute approximate surface area is 144 Å². The quantitative estimate of drug-likeness (QED) is 0.623. The topological polar surface area (TPSA) is 128 Å². The number of hydrogen-bond donors (Lipinski definition) is 3. The van der Waals surface area contributed by atoms with Crippen LogP contribution >= 0.6 is 7.60 Å². The highest BCUT2D eigenvalue weighted by molar-refractivity contribution is 7.51. The van der Waals surface area contributed by atoms with Crippen LogP contribution in [0.25, 0.3) is 0 Å². The van der Waals surface area contributed by atoms with Gasteiger partial charge in [-0.3, -0.25) is 9.13 Å². The van der Waals surface area contributed by atoms with E-state index in [4.69, 9.17) is 20.3 Å². The Morgan fingerprint density at radius 1 is 1.32 bits per heavy atom. The Hall–Kier alpha value is -1.99. The Morgan fingerprint density at radius 2 is 2.04 bits per heavy atom. The van der Waals surface area contributed by atoms with Gasteiger partial charge in [-0.25, -0.2) is 4.79 Å². The van der Waals surface area contributed by atoms with E-state index < -0.39 is 19.6 Å². The van der Waals surface area contributed by atoms with Crippen LogP contribution < -0.4 is 11.4 Å². The van der Waals surface area contributed by atoms with E-state index >= 15 is 0 Å². The lowest BCUT2D eigenvalue weighted by atomic mass is 9.93. The summed E-state index contributed by atoms with van der Waals surface area (Å²) in [5, 5.41) is 0. The van der Waals surface area contributed by atoms with Gasteiger partial charge in [0.1, 0.15) is 12.2 Å². The monoisotopic (exact) mass is 365 g/mol. The standard InChI is InChI=1S/C16H20N3O5P/c17-14-6-7-19(15(20)18-14)10-16(12-4-2-1-3-5-12)8-13(16)9-24-11-25(21,22)23/h1-7,13H,8-11H2,(H2,17,18,20)(H2,21,22,23)/t13-,16+/m1/s1. The molecule has 1 aliphatic carbocycles. The number of nitrogens with zero attached hydrogens (tertiary/aromatic N) is 2. The van der Waals surface area contributed by atoms with Crippen LogP contribution in [0.1, 0.15) is 12.0 Å². The normalized spacial score (nSPS) is 22.7. The zero-order valence-electron chi connectivity index (χ0n) is 13.5. The molecule has 0 unspecified atom stereocenters. The SMILES string of the molecule is Nc1ccn(C[C@]2(c3ccccc3)C[C@@H]2COCP(=O)(O)O)c(=O)n1. The third-order valence-electron chi connectivity index (χ3n) is 4.51. The van der Waals surface area contributed by atoms with Crippen LogP contribution in [0, 0.1) is 5.92 Å². The van der Waals surface area contributed by atoms with Crippen LogP contribution in [0.3, 0.4) is 0 Å². The molecule has 1 aromatic heterocycles. The van der Waals surface area contributed by atoms with E-state index in [0.717, 1.165) is 12.0 Å². The fraction of sp³-hybridized carbons (Fsp3) is 0.375. The van der Waals surface area contributed by atoms with Crippen molar-refractivity contribution < 1.29 is 19.1 Å². The number of ether oxygens (including phenoxy) is 1. The molecule has 3 rings (SSSR count). The summed E-state index contributed by atoms with van der Waals surface area (Å²) in [6.07, 6.45) is 1.77. The third-order valence-corrected chi connectivity index (χ3v) is 5.03. The van der Waals surface area contributed by atoms with Crippen molar-refractivity contribution in [2.75, 3.05) is 18.7 Å². The van der Waals surface area contributed by atoms with Gasteiger partial charge in [0.2, 0.25) is 0 Å². The van der Waals surface area contributed by atoms with Crippen molar-refractivity contribution >= 4 is 13.4 Å². The summed E-state index contributed by atoms with van der Waals surface area (Å²) in [5.41, 5.74) is 5.85. The first kappa shape index (κ1) is 17.8. The van der Waals surface area contributed by atoms with Gasteiger partial charge in [0.05, 0.1) is 6.61 Å². The largest absolute Gasteiger partial charge is 0.383 e. The minimum Gasteiger partial charge on any atom is -0.383 e. The predicted octanol–water partition coefficient (Wildman–Crippen LogP) is 0.935. The van der Waals surface area contributed by atoms with E-state index in [1.54, 1.807) is 12.3 Å². The van der Waals surface area contributed by atoms with Crippen molar-refractivity contribution in [1.82, 2.24) is 9.55 Å². The second-order valence-corrected chi connectivity index (χ2v) is 7.94. The molecular weight excluding hydrogens is 345 g/mol. The second-order valence-electron chi connectivity index (χ2n) is 6.35. The van der Waals surface area contributed by atoms with Gasteiger partial charge in [-0.05, 0) is 24.0 Å². The molecule has 1 fully saturated rings. The highest BCUT2D eigenvalue weighted by Gasteiger charge is 2.55. The van der Waals surface area contributed by atoms with Crippen LogP contribution in [-0.4, -0.2) is 32.3 Å². The molecule has 0 saturated heterocycles. The number of hydrogen-bond acceptors (Lipinski definition) is 5. The van der Waals surface area contributed by atoms with Crippen LogP contribution in [0.2, 0.25) is 0 Å². The Balaban J connectivity index is 1.80. The molecule has 1 aromatic carbocycles. The Morgan fingerprint density at radius 3 is 2.68 bits per heavy atom. The molecular formula is C16H20N3O5P. The van der Waals surface area contributed by atoms with E-state index in [-0.39, 0.29) is 23.8 Å². The third kappa shape index (κ3) is 4.16. The van der Waals surface area contributed by atoms with E-state index in [2.05, 4.69) is 4.98 Å². The number of nitrogens with two attached hydrogens (primary N) is 1. The average Bonchev–Trinajstić information content (AvgIpc) is 3.24. The fourth-order valence-corrected chi connectivity index (χ4v) is 3.53. The average molecular weight is 365 g/mol. The molecule has 0 amide bonds. The van der Waals surface area contributed by atoms with Crippen LogP contribution in [-0.2, 0) is 21.3 Å². The van der Waals surface area contributed by atoms with Crippen LogP contribution in [0.5, 0.6) is 0 Å². The van der Waals surface area contributed by atoms with Gasteiger partial charge < -0.3 is 20.3 Å². The number of rotatable bonds is 7. The zero-order valence-corrected chi connectivity index (χ0v) is 14.4. The number of benzene rings is 1. The maximum Gasteiger partial charge on any atom is 0.350 e. The van der Waals surface area contributed by atoms with E-state index in [1.807, 2.05) is 30.3 Å². The minimum atomic E-state index is -4.19. The summed E-state index contributed by atoms with van der Waals surface area (Å²) in [6.45, 7) is 0.629. The number of nitrogen functional groups attached to an aromatic ring is 1. The van der Waals surface area contributed by atoms with Crippen LogP contribution in [0.15, 0.2) is 47.4 Å². The molecule has 8 nitrogen and oxygen atoms in total. The van der Waals surface area contributed by atoms with Gasteiger partial charge >= 0.3 is 13.3 Å². The lowest BCUT2D eigenvalue weighted by molar-refractivity contribution is 0.140. The van der Waals surface area contributed by atoms with Crippen molar-refractivity contribution in [1.29, 1.82) is 0 Å². The fourth-order valence-electron chi connectivity index (χ4n) is 3.19. The van der Waals surface area contributed by atoms with Gasteiger partial charge in [-0.2, -0.15) is 4.98 Å². The summed E-state index contributed by atoms with van der Waals surface area (Å²) >= 11 is 0. The molecule has 2 atom stereocenters. The summed E-state index contributed by atoms with van der Waals surface area (Å²) in [4.78, 5) is 33.6. The molecule has 0 bridgehead atoms. The number of anilines is 1. The maximum absolute atomic E-state index is 12.1. The smallest absolute Gasteiger partial charge is 0.350 e. The molecule has 134 valence electrons. The summed E-state index contributed by atoms with van der Waals surface area (Å²) in [5.74, 6) is 0.234. The van der Waals surface area contributed by atoms with E-state index in [1.165, 1.54) is 4.57 Å². The molecule has 1 heterocycles. The Bertz CT molecular complexity index is 850. The first-order valence-electron chi connectivity index (χ1n) is 7.81. The molecule has 2 aromatic rings. The predicted molar refractivity (Wildman–Crippen MR) is 92.0 cm³/mol. The molecule has 9 heteroatoms. The van der Waals surface area contributed by atoms with E-state index in [9.17, 15) is 9.36 Å². The summed E-state index contributed by atoms with van der Waals surface area (Å²) in [7, 11) is -4.19. The van der Waals surface area contributed by atoms with Gasteiger partial charge in [-0.15, -0.1) is 0 Å². The summed E-state index contributed by atoms with van der Waals surface area (Å²) in [6, 6.07) is 11.3. The molecule has 0 aliphatic heterocycles. The highest BCUT2D eigenvalue weighted by atomic mass is 31.2. The van der Waals surface area contributed by atoms with Crippen molar-refractivity contribution in [3.8, 4) is 0 Å². The molecule has 25 heavy (non-hydrogen) atoms. The lowest BCUT2D eigenvalue weighted by Gasteiger charge is -2.20. The zero-order chi connectivity index (χ0) is 18.1. The molecule has 1 saturated carbocycles. The highest BCUT2D eigenvalue weighted by Crippen LogP contribution is 2.55. The van der Waals surface area contributed by atoms with Crippen molar-refractivity contribution in [2.45, 2.75) is 18.4 Å². The second kappa shape index (κ2) is 6.72. The molecule has 0 spiro atoms. The van der Waals surface area contributed by atoms with Crippen molar-refractivity contribution in [3.05, 3.63) is 58.6 Å². The summed E-state index contributed by atoms with van der Waals surface area (Å²) < 4.78 is 17.6. The lowest BCUT2D eigenvalue weighted by Crippen LogP contribution is -2.30. The Kier molecular flexibility index (Phi) is 4.79. The molecule has 4 N–H and O–H groups in total. The van der Waals surface area contributed by atoms with Gasteiger partial charge in [-0.1, -0.05) is 30.3 Å². The minimum absolute atomic E-state index is 0.0610. The number of aromatic nitrogens is 2.